The SMILES string of the molecule is Cc1cccc(C)c1NC(=O)CN1CCN(CN2C(=O)NC3(CCC(C(C)(C)C)CC3)C2=O)CC1. The predicted molar refractivity (Wildman–Crippen MR) is 137 cm³/mol. The standard InChI is InChI=1S/C27H41N5O3/c1-19-7-6-8-20(2)23(19)28-22(33)17-30-13-15-31(16-14-30)18-32-24(34)27(29-25(32)35)11-9-21(10-12-27)26(3,4)5/h6-8,21H,9-18H2,1-5H3,(H,28,33)(H,29,35). The first-order chi connectivity index (χ1) is 16.5. The van der Waals surface area contributed by atoms with E-state index in [4.69, 9.17) is 0 Å². The lowest BCUT2D eigenvalue weighted by atomic mass is 9.67. The molecule has 1 spiro atoms. The van der Waals surface area contributed by atoms with Crippen molar-refractivity contribution >= 4 is 23.5 Å². The number of carbonyl (C=O) groups excluding carboxylic acids is 3. The summed E-state index contributed by atoms with van der Waals surface area (Å²) >= 11 is 0. The predicted octanol–water partition coefficient (Wildman–Crippen LogP) is 3.34. The van der Waals surface area contributed by atoms with Gasteiger partial charge in [0, 0.05) is 31.9 Å². The Labute approximate surface area is 209 Å². The largest absolute Gasteiger partial charge is 0.326 e. The molecule has 35 heavy (non-hydrogen) atoms. The van der Waals surface area contributed by atoms with E-state index >= 15 is 0 Å². The van der Waals surface area contributed by atoms with Crippen molar-refractivity contribution in [2.24, 2.45) is 11.3 Å². The van der Waals surface area contributed by atoms with Crippen LogP contribution in [0.3, 0.4) is 0 Å². The Hall–Kier alpha value is -2.45. The third kappa shape index (κ3) is 5.54. The minimum Gasteiger partial charge on any atom is -0.324 e. The molecular weight excluding hydrogens is 442 g/mol. The number of nitrogens with zero attached hydrogens (tertiary/aromatic N) is 3. The number of rotatable bonds is 5. The highest BCUT2D eigenvalue weighted by atomic mass is 16.2. The maximum absolute atomic E-state index is 13.3. The molecule has 8 heteroatoms. The molecule has 1 aromatic rings. The van der Waals surface area contributed by atoms with E-state index in [0.717, 1.165) is 55.6 Å². The Morgan fingerprint density at radius 3 is 2.17 bits per heavy atom. The molecule has 0 atom stereocenters. The molecular formula is C27H41N5O3. The van der Waals surface area contributed by atoms with Crippen LogP contribution in [-0.2, 0) is 9.59 Å². The molecule has 1 saturated carbocycles. The van der Waals surface area contributed by atoms with Crippen LogP contribution in [0.1, 0.15) is 57.6 Å². The smallest absolute Gasteiger partial charge is 0.324 e. The van der Waals surface area contributed by atoms with Crippen molar-refractivity contribution in [3.63, 3.8) is 0 Å². The number of benzene rings is 1. The highest BCUT2D eigenvalue weighted by molar-refractivity contribution is 6.07. The van der Waals surface area contributed by atoms with Crippen molar-refractivity contribution in [2.75, 3.05) is 44.7 Å². The first kappa shape index (κ1) is 25.6. The fourth-order valence-corrected chi connectivity index (χ4v) is 5.80. The Bertz CT molecular complexity index is 949. The molecule has 4 amide bonds. The van der Waals surface area contributed by atoms with E-state index in [1.54, 1.807) is 0 Å². The van der Waals surface area contributed by atoms with Crippen molar-refractivity contribution < 1.29 is 14.4 Å². The number of hydrogen-bond acceptors (Lipinski definition) is 5. The number of piperazine rings is 1. The second-order valence-electron chi connectivity index (χ2n) is 11.7. The molecule has 0 bridgehead atoms. The van der Waals surface area contributed by atoms with Gasteiger partial charge in [-0.15, -0.1) is 0 Å². The molecule has 1 aromatic carbocycles. The number of hydrogen-bond donors (Lipinski definition) is 2. The highest BCUT2D eigenvalue weighted by Gasteiger charge is 2.53. The van der Waals surface area contributed by atoms with Crippen molar-refractivity contribution in [1.82, 2.24) is 20.0 Å². The van der Waals surface area contributed by atoms with Crippen molar-refractivity contribution in [1.29, 1.82) is 0 Å². The Morgan fingerprint density at radius 2 is 1.60 bits per heavy atom. The van der Waals surface area contributed by atoms with Crippen LogP contribution in [-0.4, -0.2) is 77.5 Å². The van der Waals surface area contributed by atoms with Gasteiger partial charge in [0.25, 0.3) is 5.91 Å². The fourth-order valence-electron chi connectivity index (χ4n) is 5.80. The number of imide groups is 1. The molecule has 3 fully saturated rings. The van der Waals surface area contributed by atoms with Gasteiger partial charge >= 0.3 is 6.03 Å². The molecule has 2 heterocycles. The summed E-state index contributed by atoms with van der Waals surface area (Å²) in [6, 6.07) is 5.72. The summed E-state index contributed by atoms with van der Waals surface area (Å²) < 4.78 is 0. The van der Waals surface area contributed by atoms with Crippen LogP contribution in [0.2, 0.25) is 0 Å². The lowest BCUT2D eigenvalue weighted by molar-refractivity contribution is -0.134. The van der Waals surface area contributed by atoms with E-state index in [9.17, 15) is 14.4 Å². The molecule has 3 aliphatic rings. The molecule has 0 radical (unpaired) electrons. The van der Waals surface area contributed by atoms with Gasteiger partial charge in [-0.2, -0.15) is 0 Å². The quantitative estimate of drug-likeness (QED) is 0.628. The summed E-state index contributed by atoms with van der Waals surface area (Å²) in [6.45, 7) is 14.3. The van der Waals surface area contributed by atoms with E-state index in [1.165, 1.54) is 4.90 Å². The summed E-state index contributed by atoms with van der Waals surface area (Å²) in [5.41, 5.74) is 2.51. The topological polar surface area (TPSA) is 85.0 Å². The van der Waals surface area contributed by atoms with Gasteiger partial charge in [-0.25, -0.2) is 9.69 Å². The second kappa shape index (κ2) is 9.90. The molecule has 2 aliphatic heterocycles. The van der Waals surface area contributed by atoms with Gasteiger partial charge in [-0.1, -0.05) is 39.0 Å². The molecule has 192 valence electrons. The highest BCUT2D eigenvalue weighted by Crippen LogP contribution is 2.43. The zero-order chi connectivity index (χ0) is 25.4. The van der Waals surface area contributed by atoms with Crippen molar-refractivity contribution in [3.05, 3.63) is 29.3 Å². The van der Waals surface area contributed by atoms with Gasteiger partial charge in [0.2, 0.25) is 5.91 Å². The minimum absolute atomic E-state index is 0.0160. The van der Waals surface area contributed by atoms with E-state index in [2.05, 4.69) is 41.2 Å². The van der Waals surface area contributed by atoms with Gasteiger partial charge < -0.3 is 10.6 Å². The van der Waals surface area contributed by atoms with Gasteiger partial charge in [-0.3, -0.25) is 19.4 Å². The number of para-hydroxylation sites is 1. The second-order valence-corrected chi connectivity index (χ2v) is 11.7. The Morgan fingerprint density at radius 1 is 1.03 bits per heavy atom. The van der Waals surface area contributed by atoms with Gasteiger partial charge in [0.1, 0.15) is 5.54 Å². The normalized spacial score (nSPS) is 26.3. The van der Waals surface area contributed by atoms with Crippen molar-refractivity contribution in [3.8, 4) is 0 Å². The van der Waals surface area contributed by atoms with Crippen LogP contribution in [0.4, 0.5) is 10.5 Å². The van der Waals surface area contributed by atoms with Gasteiger partial charge in [0.15, 0.2) is 0 Å². The molecule has 8 nitrogen and oxygen atoms in total. The summed E-state index contributed by atoms with van der Waals surface area (Å²) in [5.74, 6) is 0.495. The fraction of sp³-hybridized carbons (Fsp3) is 0.667. The lowest BCUT2D eigenvalue weighted by Gasteiger charge is -2.41. The average molecular weight is 484 g/mol. The molecule has 0 unspecified atom stereocenters. The number of carbonyl (C=O) groups is 3. The molecule has 2 saturated heterocycles. The maximum atomic E-state index is 13.3. The van der Waals surface area contributed by atoms with Crippen LogP contribution < -0.4 is 10.6 Å². The van der Waals surface area contributed by atoms with Crippen LogP contribution in [0.15, 0.2) is 18.2 Å². The van der Waals surface area contributed by atoms with Crippen molar-refractivity contribution in [2.45, 2.75) is 65.8 Å². The zero-order valence-corrected chi connectivity index (χ0v) is 21.9. The molecule has 2 N–H and O–H groups in total. The van der Waals surface area contributed by atoms with Crippen LogP contribution >= 0.6 is 0 Å². The van der Waals surface area contributed by atoms with Gasteiger partial charge in [-0.05, 0) is 62.0 Å². The van der Waals surface area contributed by atoms with E-state index < -0.39 is 5.54 Å². The number of urea groups is 1. The van der Waals surface area contributed by atoms with Crippen LogP contribution in [0, 0.1) is 25.2 Å². The van der Waals surface area contributed by atoms with E-state index in [1.807, 2.05) is 32.0 Å². The minimum atomic E-state index is -0.716. The number of nitrogens with one attached hydrogen (secondary N) is 2. The summed E-state index contributed by atoms with van der Waals surface area (Å²) in [4.78, 5) is 44.3. The average Bonchev–Trinajstić information content (AvgIpc) is 3.01. The first-order valence-corrected chi connectivity index (χ1v) is 12.9. The third-order valence-electron chi connectivity index (χ3n) is 8.23. The Kier molecular flexibility index (Phi) is 7.25. The number of anilines is 1. The summed E-state index contributed by atoms with van der Waals surface area (Å²) in [6.07, 6.45) is 3.37. The molecule has 0 aromatic heterocycles. The number of aryl methyl sites for hydroxylation is 2. The zero-order valence-electron chi connectivity index (χ0n) is 21.9. The summed E-state index contributed by atoms with van der Waals surface area (Å²) in [7, 11) is 0. The Balaban J connectivity index is 1.26. The monoisotopic (exact) mass is 483 g/mol. The molecule has 4 rings (SSSR count). The van der Waals surface area contributed by atoms with Gasteiger partial charge in [0.05, 0.1) is 13.2 Å². The summed E-state index contributed by atoms with van der Waals surface area (Å²) in [5, 5.41) is 6.10. The lowest BCUT2D eigenvalue weighted by Crippen LogP contribution is -2.53. The third-order valence-corrected chi connectivity index (χ3v) is 8.23. The first-order valence-electron chi connectivity index (χ1n) is 12.9. The number of amides is 4. The van der Waals surface area contributed by atoms with Crippen LogP contribution in [0.5, 0.6) is 0 Å². The maximum Gasteiger partial charge on any atom is 0.326 e. The van der Waals surface area contributed by atoms with E-state index in [-0.39, 0.29) is 23.3 Å². The van der Waals surface area contributed by atoms with E-state index in [0.29, 0.717) is 32.2 Å². The van der Waals surface area contributed by atoms with Crippen LogP contribution in [0.25, 0.3) is 0 Å². The molecule has 1 aliphatic carbocycles.